The van der Waals surface area contributed by atoms with E-state index in [1.54, 1.807) is 0 Å². The van der Waals surface area contributed by atoms with Gasteiger partial charge >= 0.3 is 5.97 Å². The quantitative estimate of drug-likeness (QED) is 0.177. The van der Waals surface area contributed by atoms with Crippen molar-refractivity contribution in [3.8, 4) is 0 Å². The van der Waals surface area contributed by atoms with Crippen LogP contribution in [0.25, 0.3) is 5.57 Å². The van der Waals surface area contributed by atoms with Crippen molar-refractivity contribution in [2.24, 2.45) is 5.92 Å². The summed E-state index contributed by atoms with van der Waals surface area (Å²) in [5.41, 5.74) is 1.54. The lowest BCUT2D eigenvalue weighted by Gasteiger charge is -2.15. The van der Waals surface area contributed by atoms with Crippen molar-refractivity contribution in [3.05, 3.63) is 42.0 Å². The van der Waals surface area contributed by atoms with Gasteiger partial charge in [0.05, 0.1) is 51.8 Å². The summed E-state index contributed by atoms with van der Waals surface area (Å²) in [6, 6.07) is 9.76. The number of carbonyl (C=O) groups is 1. The molecule has 1 rings (SSSR count). The van der Waals surface area contributed by atoms with E-state index in [2.05, 4.69) is 19.9 Å². The Morgan fingerprint density at radius 3 is 2.06 bits per heavy atom. The van der Waals surface area contributed by atoms with Crippen molar-refractivity contribution in [1.82, 2.24) is 0 Å². The number of carbonyl (C=O) groups excluding carboxylic acids is 1. The molecule has 0 fully saturated rings. The monoisotopic (exact) mass is 450 g/mol. The van der Waals surface area contributed by atoms with Crippen molar-refractivity contribution in [2.45, 2.75) is 52.4 Å². The SMILES string of the molecule is CCCCCC(C=C(C(=O)OCCOCCOCCOCCO)c1ccccc1)CCC. The number of aliphatic hydroxyl groups is 1. The zero-order valence-electron chi connectivity index (χ0n) is 19.9. The molecule has 0 radical (unpaired) electrons. The highest BCUT2D eigenvalue weighted by molar-refractivity contribution is 6.16. The highest BCUT2D eigenvalue weighted by atomic mass is 16.6. The van der Waals surface area contributed by atoms with E-state index in [0.717, 1.165) is 24.8 Å². The van der Waals surface area contributed by atoms with Crippen LogP contribution in [0.3, 0.4) is 0 Å². The van der Waals surface area contributed by atoms with E-state index in [1.165, 1.54) is 19.3 Å². The van der Waals surface area contributed by atoms with Crippen LogP contribution in [-0.4, -0.2) is 63.9 Å². The molecule has 0 heterocycles. The first-order valence-corrected chi connectivity index (χ1v) is 12.0. The van der Waals surface area contributed by atoms with Gasteiger partial charge in [-0.1, -0.05) is 75.9 Å². The van der Waals surface area contributed by atoms with Crippen molar-refractivity contribution in [1.29, 1.82) is 0 Å². The molecule has 1 aromatic rings. The second-order valence-electron chi connectivity index (χ2n) is 7.69. The van der Waals surface area contributed by atoms with Crippen LogP contribution < -0.4 is 0 Å². The van der Waals surface area contributed by atoms with Crippen LogP contribution >= 0.6 is 0 Å². The Morgan fingerprint density at radius 1 is 0.844 bits per heavy atom. The van der Waals surface area contributed by atoms with Crippen molar-refractivity contribution < 1.29 is 28.8 Å². The maximum Gasteiger partial charge on any atom is 0.338 e. The van der Waals surface area contributed by atoms with Gasteiger partial charge in [0.25, 0.3) is 0 Å². The Kier molecular flexibility index (Phi) is 17.6. The Balaban J connectivity index is 2.48. The lowest BCUT2D eigenvalue weighted by Crippen LogP contribution is -2.15. The van der Waals surface area contributed by atoms with Crippen molar-refractivity contribution >= 4 is 11.5 Å². The molecule has 0 aromatic heterocycles. The second-order valence-corrected chi connectivity index (χ2v) is 7.69. The first kappa shape index (κ1) is 28.3. The number of ether oxygens (including phenoxy) is 4. The first-order valence-electron chi connectivity index (χ1n) is 12.0. The van der Waals surface area contributed by atoms with E-state index in [4.69, 9.17) is 24.1 Å². The Labute approximate surface area is 193 Å². The van der Waals surface area contributed by atoms with Gasteiger partial charge < -0.3 is 24.1 Å². The number of aliphatic hydroxyl groups excluding tert-OH is 1. The summed E-state index contributed by atoms with van der Waals surface area (Å²) in [7, 11) is 0. The molecule has 0 aliphatic heterocycles. The van der Waals surface area contributed by atoms with Gasteiger partial charge in [0.15, 0.2) is 0 Å². The molecule has 0 bridgehead atoms. The van der Waals surface area contributed by atoms with E-state index >= 15 is 0 Å². The summed E-state index contributed by atoms with van der Waals surface area (Å²) in [4.78, 5) is 12.9. The molecular weight excluding hydrogens is 408 g/mol. The summed E-state index contributed by atoms with van der Waals surface area (Å²) in [5.74, 6) is 0.0812. The largest absolute Gasteiger partial charge is 0.460 e. The molecule has 1 atom stereocenters. The van der Waals surface area contributed by atoms with Crippen LogP contribution in [0.5, 0.6) is 0 Å². The van der Waals surface area contributed by atoms with E-state index in [-0.39, 0.29) is 19.2 Å². The maximum absolute atomic E-state index is 12.9. The van der Waals surface area contributed by atoms with Gasteiger partial charge in [-0.3, -0.25) is 0 Å². The highest BCUT2D eigenvalue weighted by Crippen LogP contribution is 2.24. The normalized spacial score (nSPS) is 12.7. The van der Waals surface area contributed by atoms with Crippen molar-refractivity contribution in [2.75, 3.05) is 52.9 Å². The maximum atomic E-state index is 12.9. The average Bonchev–Trinajstić information content (AvgIpc) is 2.81. The molecule has 0 saturated carbocycles. The van der Waals surface area contributed by atoms with E-state index < -0.39 is 0 Å². The van der Waals surface area contributed by atoms with Gasteiger partial charge in [-0.2, -0.15) is 0 Å². The standard InChI is InChI=1S/C26H42O6/c1-3-5-7-11-23(10-4-2)22-25(24-12-8-6-9-13-24)26(28)32-21-20-31-19-18-30-17-16-29-15-14-27/h6,8-9,12-13,22-23,27H,3-5,7,10-11,14-21H2,1-2H3. The minimum atomic E-state index is -0.298. The summed E-state index contributed by atoms with van der Waals surface area (Å²) in [6.07, 6.45) is 8.96. The Hall–Kier alpha value is -1.73. The predicted octanol–water partition coefficient (Wildman–Crippen LogP) is 4.65. The number of hydrogen-bond acceptors (Lipinski definition) is 6. The molecule has 0 spiro atoms. The van der Waals surface area contributed by atoms with Gasteiger partial charge in [-0.05, 0) is 24.3 Å². The van der Waals surface area contributed by atoms with Crippen LogP contribution in [0.4, 0.5) is 0 Å². The summed E-state index contributed by atoms with van der Waals surface area (Å²) < 4.78 is 21.5. The molecule has 0 aliphatic rings. The smallest absolute Gasteiger partial charge is 0.338 e. The minimum absolute atomic E-state index is 0.0150. The molecular formula is C26H42O6. The highest BCUT2D eigenvalue weighted by Gasteiger charge is 2.16. The summed E-state index contributed by atoms with van der Waals surface area (Å²) in [6.45, 7) is 7.04. The fourth-order valence-electron chi connectivity index (χ4n) is 3.35. The third-order valence-electron chi connectivity index (χ3n) is 4.99. The van der Waals surface area contributed by atoms with Crippen LogP contribution in [0.2, 0.25) is 0 Å². The third kappa shape index (κ3) is 13.6. The molecule has 1 aromatic carbocycles. The van der Waals surface area contributed by atoms with Crippen LogP contribution in [-0.2, 0) is 23.7 Å². The zero-order chi connectivity index (χ0) is 23.3. The van der Waals surface area contributed by atoms with Gasteiger partial charge in [0.1, 0.15) is 6.61 Å². The molecule has 0 amide bonds. The summed E-state index contributed by atoms with van der Waals surface area (Å²) in [5, 5.41) is 8.61. The molecule has 6 heteroatoms. The second kappa shape index (κ2) is 19.9. The van der Waals surface area contributed by atoms with E-state index in [1.807, 2.05) is 30.3 Å². The van der Waals surface area contributed by atoms with Gasteiger partial charge in [-0.15, -0.1) is 0 Å². The number of rotatable bonds is 20. The predicted molar refractivity (Wildman–Crippen MR) is 127 cm³/mol. The van der Waals surface area contributed by atoms with Gasteiger partial charge in [-0.25, -0.2) is 4.79 Å². The van der Waals surface area contributed by atoms with Crippen LogP contribution in [0, 0.1) is 5.92 Å². The lowest BCUT2D eigenvalue weighted by atomic mass is 9.92. The van der Waals surface area contributed by atoms with E-state index in [9.17, 15) is 4.79 Å². The molecule has 0 saturated heterocycles. The number of esters is 1. The topological polar surface area (TPSA) is 74.2 Å². The number of benzene rings is 1. The summed E-state index contributed by atoms with van der Waals surface area (Å²) >= 11 is 0. The average molecular weight is 451 g/mol. The lowest BCUT2D eigenvalue weighted by molar-refractivity contribution is -0.138. The van der Waals surface area contributed by atoms with E-state index in [0.29, 0.717) is 51.1 Å². The molecule has 32 heavy (non-hydrogen) atoms. The fourth-order valence-corrected chi connectivity index (χ4v) is 3.35. The Morgan fingerprint density at radius 2 is 1.47 bits per heavy atom. The first-order chi connectivity index (χ1) is 15.7. The van der Waals surface area contributed by atoms with Crippen LogP contribution in [0.15, 0.2) is 36.4 Å². The van der Waals surface area contributed by atoms with Gasteiger partial charge in [0, 0.05) is 0 Å². The zero-order valence-corrected chi connectivity index (χ0v) is 19.9. The minimum Gasteiger partial charge on any atom is -0.460 e. The Bertz CT molecular complexity index is 602. The van der Waals surface area contributed by atoms with Crippen molar-refractivity contribution in [3.63, 3.8) is 0 Å². The fraction of sp³-hybridized carbons (Fsp3) is 0.654. The molecule has 0 aliphatic carbocycles. The van der Waals surface area contributed by atoms with Crippen LogP contribution in [0.1, 0.15) is 57.9 Å². The number of allylic oxidation sites excluding steroid dienone is 1. The number of unbranched alkanes of at least 4 members (excludes halogenated alkanes) is 2. The molecule has 6 nitrogen and oxygen atoms in total. The number of hydrogen-bond donors (Lipinski definition) is 1. The molecule has 1 unspecified atom stereocenters. The molecule has 1 N–H and O–H groups in total. The third-order valence-corrected chi connectivity index (χ3v) is 4.99. The van der Waals surface area contributed by atoms with Gasteiger partial charge in [0.2, 0.25) is 0 Å². The molecule has 182 valence electrons.